The maximum absolute atomic E-state index is 13.8. The van der Waals surface area contributed by atoms with E-state index in [-0.39, 0.29) is 29.8 Å². The van der Waals surface area contributed by atoms with Crippen LogP contribution in [0.5, 0.6) is 5.75 Å². The molecule has 7 nitrogen and oxygen atoms in total. The minimum Gasteiger partial charge on any atom is -0.497 e. The van der Waals surface area contributed by atoms with Gasteiger partial charge < -0.3 is 4.74 Å². The largest absolute Gasteiger partial charge is 0.497 e. The van der Waals surface area contributed by atoms with Crippen LogP contribution in [0.2, 0.25) is 0 Å². The summed E-state index contributed by atoms with van der Waals surface area (Å²) >= 11 is 4.99. The molecule has 1 aliphatic rings. The van der Waals surface area contributed by atoms with E-state index in [0.717, 1.165) is 20.3 Å². The fourth-order valence-electron chi connectivity index (χ4n) is 4.47. The second kappa shape index (κ2) is 10.9. The Morgan fingerprint density at radius 3 is 2.46 bits per heavy atom. The third kappa shape index (κ3) is 5.57. The average molecular weight is 601 g/mol. The minimum atomic E-state index is -3.64. The molecule has 192 valence electrons. The third-order valence-electron chi connectivity index (χ3n) is 6.52. The molecule has 0 bridgehead atoms. The van der Waals surface area contributed by atoms with Crippen molar-refractivity contribution >= 4 is 58.5 Å². The van der Waals surface area contributed by atoms with Crippen molar-refractivity contribution in [3.05, 3.63) is 82.8 Å². The van der Waals surface area contributed by atoms with Gasteiger partial charge in [-0.1, -0.05) is 57.6 Å². The van der Waals surface area contributed by atoms with Crippen molar-refractivity contribution in [1.82, 2.24) is 9.29 Å². The number of nitrogens with zero attached hydrogens (tertiary/aromatic N) is 3. The number of sulfonamides is 1. The van der Waals surface area contributed by atoms with Crippen molar-refractivity contribution in [1.29, 1.82) is 0 Å². The Hall–Kier alpha value is -2.79. The van der Waals surface area contributed by atoms with Crippen LogP contribution in [-0.4, -0.2) is 43.8 Å². The van der Waals surface area contributed by atoms with Crippen LogP contribution in [0.25, 0.3) is 10.2 Å². The highest BCUT2D eigenvalue weighted by Gasteiger charge is 2.35. The smallest absolute Gasteiger partial charge is 0.243 e. The van der Waals surface area contributed by atoms with Gasteiger partial charge in [-0.3, -0.25) is 9.69 Å². The van der Waals surface area contributed by atoms with Crippen molar-refractivity contribution in [2.45, 2.75) is 24.3 Å². The number of thiazole rings is 1. The van der Waals surface area contributed by atoms with E-state index in [9.17, 15) is 13.2 Å². The molecule has 4 aromatic rings. The molecule has 1 aromatic heterocycles. The van der Waals surface area contributed by atoms with Crippen LogP contribution in [0, 0.1) is 5.92 Å². The first-order valence-corrected chi connectivity index (χ1v) is 15.0. The zero-order valence-corrected chi connectivity index (χ0v) is 23.4. The minimum absolute atomic E-state index is 0.0246. The number of aromatic nitrogens is 1. The maximum Gasteiger partial charge on any atom is 0.243 e. The molecule has 0 atom stereocenters. The van der Waals surface area contributed by atoms with E-state index in [1.165, 1.54) is 15.6 Å². The number of fused-ring (bicyclic) bond motifs is 1. The number of amides is 1. The van der Waals surface area contributed by atoms with Gasteiger partial charge >= 0.3 is 0 Å². The molecule has 0 spiro atoms. The zero-order valence-electron chi connectivity index (χ0n) is 20.2. The number of piperidine rings is 1. The fourth-order valence-corrected chi connectivity index (χ4v) is 7.46. The number of anilines is 1. The Morgan fingerprint density at radius 2 is 1.78 bits per heavy atom. The lowest BCUT2D eigenvalue weighted by Gasteiger charge is -2.33. The fraction of sp³-hybridized carbons (Fsp3) is 0.259. The van der Waals surface area contributed by atoms with Gasteiger partial charge in [0, 0.05) is 23.5 Å². The van der Waals surface area contributed by atoms with E-state index in [1.807, 2.05) is 48.5 Å². The van der Waals surface area contributed by atoms with Gasteiger partial charge in [0.25, 0.3) is 0 Å². The van der Waals surface area contributed by atoms with Crippen molar-refractivity contribution in [2.75, 3.05) is 25.1 Å². The molecule has 0 unspecified atom stereocenters. The number of ether oxygens (including phenoxy) is 1. The third-order valence-corrected chi connectivity index (χ3v) is 9.97. The summed E-state index contributed by atoms with van der Waals surface area (Å²) < 4.78 is 34.9. The summed E-state index contributed by atoms with van der Waals surface area (Å²) in [7, 11) is -2.10. The summed E-state index contributed by atoms with van der Waals surface area (Å²) in [6.07, 6.45) is 0.909. The second-order valence-corrected chi connectivity index (χ2v) is 12.7. The van der Waals surface area contributed by atoms with Gasteiger partial charge in [0.1, 0.15) is 5.75 Å². The summed E-state index contributed by atoms with van der Waals surface area (Å²) in [5, 5.41) is 0.648. The van der Waals surface area contributed by atoms with Crippen molar-refractivity contribution < 1.29 is 17.9 Å². The maximum atomic E-state index is 13.8. The summed E-state index contributed by atoms with van der Waals surface area (Å²) in [6, 6.07) is 22.1. The number of carbonyl (C=O) groups excluding carboxylic acids is 1. The molecule has 0 N–H and O–H groups in total. The van der Waals surface area contributed by atoms with Gasteiger partial charge in [0.05, 0.1) is 28.8 Å². The van der Waals surface area contributed by atoms with Crippen LogP contribution in [0.1, 0.15) is 18.4 Å². The molecule has 2 heterocycles. The quantitative estimate of drug-likeness (QED) is 0.272. The van der Waals surface area contributed by atoms with Crippen molar-refractivity contribution in [2.24, 2.45) is 5.92 Å². The molecule has 3 aromatic carbocycles. The van der Waals surface area contributed by atoms with E-state index < -0.39 is 10.0 Å². The Bertz CT molecular complexity index is 1500. The average Bonchev–Trinajstić information content (AvgIpc) is 3.35. The van der Waals surface area contributed by atoms with E-state index in [4.69, 9.17) is 9.72 Å². The molecular formula is C27H26BrN3O4S2. The molecule has 0 radical (unpaired) electrons. The highest BCUT2D eigenvalue weighted by Crippen LogP contribution is 2.34. The lowest BCUT2D eigenvalue weighted by atomic mass is 9.96. The van der Waals surface area contributed by atoms with Crippen molar-refractivity contribution in [3.8, 4) is 5.75 Å². The van der Waals surface area contributed by atoms with Crippen LogP contribution in [0.3, 0.4) is 0 Å². The monoisotopic (exact) mass is 599 g/mol. The standard InChI is InChI=1S/C27H26BrN3O4S2/c1-35-22-8-10-23(11-9-22)37(33,34)30-15-13-20(14-16-30)26(32)31(18-19-5-3-2-4-6-19)27-29-24-12-7-21(28)17-25(24)36-27/h2-12,17,20H,13-16,18H2,1H3. The Labute approximate surface area is 228 Å². The van der Waals surface area contributed by atoms with E-state index >= 15 is 0 Å². The van der Waals surface area contributed by atoms with Crippen molar-refractivity contribution in [3.63, 3.8) is 0 Å². The molecule has 1 saturated heterocycles. The number of hydrogen-bond donors (Lipinski definition) is 0. The first-order valence-electron chi connectivity index (χ1n) is 11.9. The molecule has 37 heavy (non-hydrogen) atoms. The number of hydrogen-bond acceptors (Lipinski definition) is 6. The molecule has 0 saturated carbocycles. The number of rotatable bonds is 7. The van der Waals surface area contributed by atoms with Gasteiger partial charge in [-0.15, -0.1) is 0 Å². The second-order valence-electron chi connectivity index (χ2n) is 8.87. The van der Waals surface area contributed by atoms with Crippen LogP contribution < -0.4 is 9.64 Å². The Kier molecular flexibility index (Phi) is 7.62. The predicted molar refractivity (Wildman–Crippen MR) is 149 cm³/mol. The van der Waals surface area contributed by atoms with Gasteiger partial charge in [-0.25, -0.2) is 13.4 Å². The normalized spacial score (nSPS) is 15.1. The van der Waals surface area contributed by atoms with Crippen LogP contribution in [0.4, 0.5) is 5.13 Å². The summed E-state index contributed by atoms with van der Waals surface area (Å²) in [4.78, 5) is 20.6. The lowest BCUT2D eigenvalue weighted by Crippen LogP contribution is -2.44. The lowest BCUT2D eigenvalue weighted by molar-refractivity contribution is -0.123. The molecule has 10 heteroatoms. The molecule has 1 amide bonds. The highest BCUT2D eigenvalue weighted by molar-refractivity contribution is 9.10. The Balaban J connectivity index is 1.35. The van der Waals surface area contributed by atoms with Gasteiger partial charge in [0.2, 0.25) is 15.9 Å². The molecule has 5 rings (SSSR count). The van der Waals surface area contributed by atoms with Crippen LogP contribution in [-0.2, 0) is 21.4 Å². The highest BCUT2D eigenvalue weighted by atomic mass is 79.9. The van der Waals surface area contributed by atoms with Crippen LogP contribution >= 0.6 is 27.3 Å². The molecular weight excluding hydrogens is 574 g/mol. The van der Waals surface area contributed by atoms with E-state index in [1.54, 1.807) is 36.3 Å². The van der Waals surface area contributed by atoms with E-state index in [0.29, 0.717) is 30.3 Å². The van der Waals surface area contributed by atoms with Crippen LogP contribution in [0.15, 0.2) is 82.2 Å². The van der Waals surface area contributed by atoms with E-state index in [2.05, 4.69) is 15.9 Å². The number of halogens is 1. The first kappa shape index (κ1) is 25.8. The molecule has 1 fully saturated rings. The summed E-state index contributed by atoms with van der Waals surface area (Å²) in [5.41, 5.74) is 1.85. The van der Waals surface area contributed by atoms with Gasteiger partial charge in [0.15, 0.2) is 5.13 Å². The summed E-state index contributed by atoms with van der Waals surface area (Å²) in [6.45, 7) is 0.985. The number of methoxy groups -OCH3 is 1. The molecule has 1 aliphatic heterocycles. The number of carbonyl (C=O) groups is 1. The first-order chi connectivity index (χ1) is 17.8. The predicted octanol–water partition coefficient (Wildman–Crippen LogP) is 5.70. The SMILES string of the molecule is COc1ccc(S(=O)(=O)N2CCC(C(=O)N(Cc3ccccc3)c3nc4ccc(Br)cc4s3)CC2)cc1. The summed E-state index contributed by atoms with van der Waals surface area (Å²) in [5.74, 6) is 0.289. The Morgan fingerprint density at radius 1 is 1.08 bits per heavy atom. The topological polar surface area (TPSA) is 79.8 Å². The zero-order chi connectivity index (χ0) is 26.0. The van der Waals surface area contributed by atoms with Gasteiger partial charge in [-0.2, -0.15) is 4.31 Å². The van der Waals surface area contributed by atoms with Gasteiger partial charge in [-0.05, 0) is 60.9 Å². The number of benzene rings is 3. The molecule has 0 aliphatic carbocycles.